The Morgan fingerprint density at radius 3 is 2.70 bits per heavy atom. The molecule has 4 heteroatoms. The lowest BCUT2D eigenvalue weighted by molar-refractivity contribution is 0.109. The number of hydrogen-bond acceptors (Lipinski definition) is 3. The fourth-order valence-corrected chi connectivity index (χ4v) is 5.46. The van der Waals surface area contributed by atoms with Crippen molar-refractivity contribution in [2.24, 2.45) is 23.6 Å². The van der Waals surface area contributed by atoms with Crippen molar-refractivity contribution in [3.63, 3.8) is 0 Å². The lowest BCUT2D eigenvalue weighted by atomic mass is 9.66. The molecule has 0 spiro atoms. The summed E-state index contributed by atoms with van der Waals surface area (Å²) in [7, 11) is 0. The summed E-state index contributed by atoms with van der Waals surface area (Å²) in [6, 6.07) is 4.55. The first-order valence-corrected chi connectivity index (χ1v) is 9.16. The number of nitrogens with one attached hydrogen (secondary N) is 1. The fourth-order valence-electron chi connectivity index (χ4n) is 4.31. The molecule has 0 aromatic carbocycles. The Hall–Kier alpha value is -0.0900. The zero-order valence-corrected chi connectivity index (χ0v) is 13.6. The molecule has 3 N–H and O–H groups in total. The van der Waals surface area contributed by atoms with Gasteiger partial charge in [0.25, 0.3) is 0 Å². The van der Waals surface area contributed by atoms with E-state index in [1.807, 2.05) is 6.07 Å². The van der Waals surface area contributed by atoms with Gasteiger partial charge in [0.05, 0.1) is 4.34 Å². The van der Waals surface area contributed by atoms with Crippen molar-refractivity contribution in [2.45, 2.75) is 57.4 Å². The summed E-state index contributed by atoms with van der Waals surface area (Å²) >= 11 is 7.72. The summed E-state index contributed by atoms with van der Waals surface area (Å²) < 4.78 is 0.881. The van der Waals surface area contributed by atoms with E-state index in [0.717, 1.165) is 28.5 Å². The maximum absolute atomic E-state index is 6.03. The van der Waals surface area contributed by atoms with E-state index in [1.54, 1.807) is 11.3 Å². The highest BCUT2D eigenvalue weighted by Crippen LogP contribution is 2.44. The first-order chi connectivity index (χ1) is 9.76. The molecule has 4 unspecified atom stereocenters. The topological polar surface area (TPSA) is 38.0 Å². The molecule has 112 valence electrons. The van der Waals surface area contributed by atoms with Crippen LogP contribution in [0.5, 0.6) is 0 Å². The number of nitrogens with two attached hydrogens (primary N) is 1. The predicted molar refractivity (Wildman–Crippen MR) is 86.9 cm³/mol. The number of hydrogen-bond donors (Lipinski definition) is 2. The Kier molecular flexibility index (Phi) is 5.03. The summed E-state index contributed by atoms with van der Waals surface area (Å²) in [5, 5.41) is 0. The molecule has 2 saturated carbocycles. The van der Waals surface area contributed by atoms with Crippen LogP contribution in [-0.2, 0) is 6.42 Å². The van der Waals surface area contributed by atoms with Crippen LogP contribution in [0.1, 0.15) is 49.8 Å². The van der Waals surface area contributed by atoms with Crippen LogP contribution in [0, 0.1) is 17.8 Å². The van der Waals surface area contributed by atoms with Gasteiger partial charge in [-0.25, -0.2) is 0 Å². The van der Waals surface area contributed by atoms with Crippen molar-refractivity contribution in [2.75, 3.05) is 0 Å². The van der Waals surface area contributed by atoms with E-state index in [-0.39, 0.29) is 0 Å². The summed E-state index contributed by atoms with van der Waals surface area (Å²) in [6.45, 7) is 0. The summed E-state index contributed by atoms with van der Waals surface area (Å²) in [4.78, 5) is 1.35. The SMILES string of the molecule is NNC(Cc1ccc(Cl)s1)C1CCC2CCCCC2C1. The molecule has 0 saturated heterocycles. The van der Waals surface area contributed by atoms with Crippen LogP contribution in [0.2, 0.25) is 4.34 Å². The fraction of sp³-hybridized carbons (Fsp3) is 0.750. The molecule has 2 nitrogen and oxygen atoms in total. The van der Waals surface area contributed by atoms with Gasteiger partial charge in [0.15, 0.2) is 0 Å². The summed E-state index contributed by atoms with van der Waals surface area (Å²) in [5.74, 6) is 8.56. The third-order valence-corrected chi connectivity index (χ3v) is 6.67. The van der Waals surface area contributed by atoms with Crippen LogP contribution < -0.4 is 11.3 Å². The molecule has 2 aliphatic rings. The van der Waals surface area contributed by atoms with E-state index in [9.17, 15) is 0 Å². The second-order valence-corrected chi connectivity index (χ2v) is 8.36. The van der Waals surface area contributed by atoms with Crippen LogP contribution in [-0.4, -0.2) is 6.04 Å². The largest absolute Gasteiger partial charge is 0.271 e. The maximum atomic E-state index is 6.03. The average Bonchev–Trinajstić information content (AvgIpc) is 2.89. The van der Waals surface area contributed by atoms with E-state index >= 15 is 0 Å². The molecular weight excluding hydrogens is 288 g/mol. The smallest absolute Gasteiger partial charge is 0.0931 e. The predicted octanol–water partition coefficient (Wildman–Crippen LogP) is 4.38. The van der Waals surface area contributed by atoms with E-state index in [0.29, 0.717) is 6.04 Å². The molecule has 1 aromatic heterocycles. The highest BCUT2D eigenvalue weighted by molar-refractivity contribution is 7.16. The van der Waals surface area contributed by atoms with Crippen LogP contribution in [0.3, 0.4) is 0 Å². The number of thiophene rings is 1. The van der Waals surface area contributed by atoms with Crippen molar-refractivity contribution in [1.29, 1.82) is 0 Å². The van der Waals surface area contributed by atoms with E-state index in [2.05, 4.69) is 11.5 Å². The quantitative estimate of drug-likeness (QED) is 0.639. The van der Waals surface area contributed by atoms with Crippen LogP contribution in [0.4, 0.5) is 0 Å². The molecule has 0 radical (unpaired) electrons. The molecule has 3 rings (SSSR count). The zero-order valence-electron chi connectivity index (χ0n) is 12.0. The number of rotatable bonds is 4. The van der Waals surface area contributed by atoms with Crippen molar-refractivity contribution in [3.05, 3.63) is 21.3 Å². The minimum Gasteiger partial charge on any atom is -0.271 e. The Bertz CT molecular complexity index is 434. The summed E-state index contributed by atoms with van der Waals surface area (Å²) in [6.07, 6.45) is 11.0. The van der Waals surface area contributed by atoms with Gasteiger partial charge in [-0.1, -0.05) is 37.3 Å². The zero-order chi connectivity index (χ0) is 13.9. The lowest BCUT2D eigenvalue weighted by Crippen LogP contribution is -2.45. The second kappa shape index (κ2) is 6.78. The normalized spacial score (nSPS) is 31.8. The van der Waals surface area contributed by atoms with Gasteiger partial charge in [0, 0.05) is 10.9 Å². The van der Waals surface area contributed by atoms with Gasteiger partial charge in [0.2, 0.25) is 0 Å². The Morgan fingerprint density at radius 1 is 1.20 bits per heavy atom. The number of fused-ring (bicyclic) bond motifs is 1. The molecule has 4 atom stereocenters. The van der Waals surface area contributed by atoms with E-state index in [1.165, 1.54) is 49.8 Å². The van der Waals surface area contributed by atoms with Gasteiger partial charge in [0.1, 0.15) is 0 Å². The number of hydrazine groups is 1. The third kappa shape index (κ3) is 3.38. The first kappa shape index (κ1) is 14.8. The first-order valence-electron chi connectivity index (χ1n) is 7.96. The molecule has 2 aliphatic carbocycles. The van der Waals surface area contributed by atoms with Crippen LogP contribution in [0.15, 0.2) is 12.1 Å². The molecule has 1 heterocycles. The highest BCUT2D eigenvalue weighted by Gasteiger charge is 2.35. The standard InChI is InChI=1S/C16H25ClN2S/c17-16-8-7-14(20-16)10-15(19-18)13-6-5-11-3-1-2-4-12(11)9-13/h7-8,11-13,15,19H,1-6,9-10,18H2. The van der Waals surface area contributed by atoms with Crippen molar-refractivity contribution in [3.8, 4) is 0 Å². The Labute approximate surface area is 131 Å². The van der Waals surface area contributed by atoms with Crippen LogP contribution in [0.25, 0.3) is 0 Å². The minimum absolute atomic E-state index is 0.410. The maximum Gasteiger partial charge on any atom is 0.0931 e. The van der Waals surface area contributed by atoms with Crippen molar-refractivity contribution < 1.29 is 0 Å². The lowest BCUT2D eigenvalue weighted by Gasteiger charge is -2.41. The Balaban J connectivity index is 1.61. The van der Waals surface area contributed by atoms with Gasteiger partial charge in [-0.2, -0.15) is 0 Å². The molecule has 2 fully saturated rings. The van der Waals surface area contributed by atoms with Crippen LogP contribution >= 0.6 is 22.9 Å². The molecular formula is C16H25ClN2S. The Morgan fingerprint density at radius 2 is 2.00 bits per heavy atom. The molecule has 0 amide bonds. The molecule has 20 heavy (non-hydrogen) atoms. The van der Waals surface area contributed by atoms with Gasteiger partial charge >= 0.3 is 0 Å². The van der Waals surface area contributed by atoms with Gasteiger partial charge in [-0.3, -0.25) is 11.3 Å². The summed E-state index contributed by atoms with van der Waals surface area (Å²) in [5.41, 5.74) is 3.09. The van der Waals surface area contributed by atoms with Gasteiger partial charge in [-0.05, 0) is 55.6 Å². The molecule has 1 aromatic rings. The monoisotopic (exact) mass is 312 g/mol. The van der Waals surface area contributed by atoms with Gasteiger partial charge < -0.3 is 0 Å². The van der Waals surface area contributed by atoms with Crippen molar-refractivity contribution >= 4 is 22.9 Å². The highest BCUT2D eigenvalue weighted by atomic mass is 35.5. The third-order valence-electron chi connectivity index (χ3n) is 5.41. The van der Waals surface area contributed by atoms with Crippen molar-refractivity contribution in [1.82, 2.24) is 5.43 Å². The minimum atomic E-state index is 0.410. The van der Waals surface area contributed by atoms with Gasteiger partial charge in [-0.15, -0.1) is 11.3 Å². The van der Waals surface area contributed by atoms with E-state index in [4.69, 9.17) is 17.4 Å². The molecule has 0 bridgehead atoms. The van der Waals surface area contributed by atoms with E-state index < -0.39 is 0 Å². The second-order valence-electron chi connectivity index (χ2n) is 6.56. The molecule has 0 aliphatic heterocycles. The average molecular weight is 313 g/mol. The number of halogens is 1.